The molecule has 4 aliphatic heterocycles. The lowest BCUT2D eigenvalue weighted by Crippen LogP contribution is -2.71. The first-order chi connectivity index (χ1) is 36.2. The van der Waals surface area contributed by atoms with Crippen molar-refractivity contribution < 1.29 is 90.7 Å². The van der Waals surface area contributed by atoms with E-state index in [-0.39, 0.29) is 69.2 Å². The van der Waals surface area contributed by atoms with Crippen LogP contribution >= 0.6 is 46.2 Å². The number of methoxy groups -OCH3 is 2. The lowest BCUT2D eigenvalue weighted by molar-refractivity contribution is -0.170. The van der Waals surface area contributed by atoms with E-state index in [9.17, 15) is 43.2 Å². The third kappa shape index (κ3) is 13.9. The second-order valence-electron chi connectivity index (χ2n) is 16.4. The number of nitrogens with zero attached hydrogens (tertiary/aromatic N) is 6. The number of amides is 6. The summed E-state index contributed by atoms with van der Waals surface area (Å²) in [5.41, 5.74) is -0.252. The highest BCUT2D eigenvalue weighted by Gasteiger charge is 2.56. The van der Waals surface area contributed by atoms with Crippen LogP contribution in [0.2, 0.25) is 0 Å². The fraction of sp³-hybridized carbons (Fsp3) is 0.512. The largest absolute Gasteiger partial charge is 0.511 e. The van der Waals surface area contributed by atoms with Crippen LogP contribution in [-0.2, 0) is 76.3 Å². The molecule has 0 spiro atoms. The summed E-state index contributed by atoms with van der Waals surface area (Å²) in [5, 5.41) is 19.1. The van der Waals surface area contributed by atoms with E-state index < -0.39 is 102 Å². The molecule has 6 rings (SSSR count). The van der Waals surface area contributed by atoms with Gasteiger partial charge in [0.2, 0.25) is 12.6 Å². The van der Waals surface area contributed by atoms with E-state index in [4.69, 9.17) is 47.6 Å². The van der Waals surface area contributed by atoms with Gasteiger partial charge in [-0.15, -0.1) is 46.2 Å². The van der Waals surface area contributed by atoms with Crippen molar-refractivity contribution in [1.82, 2.24) is 30.4 Å². The van der Waals surface area contributed by atoms with Gasteiger partial charge in [-0.25, -0.2) is 33.9 Å². The summed E-state index contributed by atoms with van der Waals surface area (Å²) in [6.07, 6.45) is -5.86. The molecule has 0 aromatic carbocycles. The van der Waals surface area contributed by atoms with Crippen LogP contribution in [0, 0.1) is 0 Å². The highest BCUT2D eigenvalue weighted by molar-refractivity contribution is 8.00. The zero-order chi connectivity index (χ0) is 55.5. The van der Waals surface area contributed by atoms with Crippen LogP contribution in [0.4, 0.5) is 24.6 Å². The number of nitrogens with one attached hydrogen (secondary N) is 4. The number of thioether (sulfide) groups is 2. The summed E-state index contributed by atoms with van der Waals surface area (Å²) in [5.74, 6) is -4.62. The summed E-state index contributed by atoms with van der Waals surface area (Å²) < 4.78 is 40.9. The average Bonchev–Trinajstić information content (AvgIpc) is 4.01. The van der Waals surface area contributed by atoms with Gasteiger partial charge in [0, 0.05) is 50.3 Å². The summed E-state index contributed by atoms with van der Waals surface area (Å²) in [4.78, 5) is 139. The average molecular weight is 1140 g/mol. The minimum Gasteiger partial charge on any atom is -0.431 e. The summed E-state index contributed by atoms with van der Waals surface area (Å²) in [6, 6.07) is -3.13. The van der Waals surface area contributed by atoms with Crippen molar-refractivity contribution in [2.24, 2.45) is 10.3 Å². The van der Waals surface area contributed by atoms with Crippen molar-refractivity contribution in [3.05, 3.63) is 44.7 Å². The molecule has 4 N–H and O–H groups in total. The minimum absolute atomic E-state index is 0.0140. The number of aromatic nitrogens is 2. The van der Waals surface area contributed by atoms with E-state index in [0.717, 1.165) is 32.5 Å². The number of thiazole rings is 2. The molecule has 0 radical (unpaired) electrons. The number of ether oxygens (including phenoxy) is 8. The van der Waals surface area contributed by atoms with E-state index in [2.05, 4.69) is 41.5 Å². The Morgan fingerprint density at radius 2 is 0.987 bits per heavy atom. The molecule has 0 bridgehead atoms. The Bertz CT molecular complexity index is 2550. The minimum atomic E-state index is -1.38. The molecule has 2 saturated heterocycles. The van der Waals surface area contributed by atoms with Gasteiger partial charge < -0.3 is 58.2 Å². The Kier molecular flexibility index (Phi) is 20.0. The molecule has 2 unspecified atom stereocenters. The number of anilines is 2. The Morgan fingerprint density at radius 3 is 1.33 bits per heavy atom. The molecular formula is C43H52N10O19S4. The van der Waals surface area contributed by atoms with Crippen molar-refractivity contribution in [3.63, 3.8) is 0 Å². The molecule has 6 heterocycles. The molecule has 76 heavy (non-hydrogen) atoms. The third-order valence-corrected chi connectivity index (χ3v) is 14.4. The monoisotopic (exact) mass is 1140 g/mol. The molecule has 6 amide bonds. The van der Waals surface area contributed by atoms with Gasteiger partial charge in [-0.3, -0.25) is 39.6 Å². The number of esters is 2. The van der Waals surface area contributed by atoms with Gasteiger partial charge in [-0.2, -0.15) is 0 Å². The van der Waals surface area contributed by atoms with Crippen molar-refractivity contribution in [2.75, 3.05) is 63.8 Å². The van der Waals surface area contributed by atoms with Crippen LogP contribution in [0.3, 0.4) is 0 Å². The summed E-state index contributed by atoms with van der Waals surface area (Å²) in [7, 11) is 5.17. The standard InChI is InChI=1S/C43H52N10O19S4/c1-17(2)67-42(61)71-19(5)69-37(58)29-21(11-63-7)13-73-35-27(33(56)52(29)35)46-31(54)25(50-65-9)23-15-75-40(44-23)48-39(60)49-41-45-24(16-76-41)26(51-66-10)32(55)47-28-34(57)53-30(22(12-64-8)14-74-36(28)53)38(59)70-20(6)72-43(62)68-18(3)4/h15-20,27-28,35-36H,11-14H2,1-10H3,(H,46,54)(H,47,55)(H2,44,45,48,49,60)/b50-25-,51-26-/t19?,20?,27-,28-,35-,36-/m1/s1. The van der Waals surface area contributed by atoms with E-state index in [1.54, 1.807) is 27.7 Å². The Balaban J connectivity index is 1.04. The second kappa shape index (κ2) is 26.1. The van der Waals surface area contributed by atoms with Crippen molar-refractivity contribution in [2.45, 2.75) is 89.2 Å². The molecule has 2 aromatic rings. The van der Waals surface area contributed by atoms with Gasteiger partial charge in [0.25, 0.3) is 23.6 Å². The normalized spacial score (nSPS) is 20.0. The number of hydrogen-bond donors (Lipinski definition) is 4. The first-order valence-electron chi connectivity index (χ1n) is 22.5. The topological polar surface area (TPSA) is 351 Å². The molecule has 412 valence electrons. The maximum absolute atomic E-state index is 13.7. The van der Waals surface area contributed by atoms with Gasteiger partial charge in [0.05, 0.1) is 25.4 Å². The van der Waals surface area contributed by atoms with E-state index in [1.807, 2.05) is 0 Å². The van der Waals surface area contributed by atoms with Gasteiger partial charge in [0.1, 0.15) is 59.8 Å². The van der Waals surface area contributed by atoms with Crippen LogP contribution in [0.1, 0.15) is 52.9 Å². The van der Waals surface area contributed by atoms with E-state index in [0.29, 0.717) is 11.1 Å². The first kappa shape index (κ1) is 58.2. The lowest BCUT2D eigenvalue weighted by Gasteiger charge is -2.49. The number of oxime groups is 2. The molecule has 4 aliphatic rings. The van der Waals surface area contributed by atoms with Crippen LogP contribution in [-0.4, -0.2) is 186 Å². The number of rotatable bonds is 22. The van der Waals surface area contributed by atoms with Gasteiger partial charge in [-0.1, -0.05) is 10.3 Å². The fourth-order valence-corrected chi connectivity index (χ4v) is 11.2. The Hall–Kier alpha value is -7.07. The highest BCUT2D eigenvalue weighted by Crippen LogP contribution is 2.42. The quantitative estimate of drug-likeness (QED) is 0.0328. The van der Waals surface area contributed by atoms with Gasteiger partial charge in [-0.05, 0) is 38.8 Å². The van der Waals surface area contributed by atoms with Gasteiger partial charge >= 0.3 is 30.3 Å². The Labute approximate surface area is 449 Å². The van der Waals surface area contributed by atoms with E-state index >= 15 is 0 Å². The highest BCUT2D eigenvalue weighted by atomic mass is 32.2. The van der Waals surface area contributed by atoms with Crippen molar-refractivity contribution >= 4 is 122 Å². The predicted octanol–water partition coefficient (Wildman–Crippen LogP) is 2.45. The maximum atomic E-state index is 13.7. The summed E-state index contributed by atoms with van der Waals surface area (Å²) >= 11 is 4.30. The fourth-order valence-electron chi connectivity index (χ4n) is 7.20. The van der Waals surface area contributed by atoms with E-state index in [1.165, 1.54) is 76.6 Å². The van der Waals surface area contributed by atoms with Crippen LogP contribution in [0.25, 0.3) is 0 Å². The third-order valence-electron chi connectivity index (χ3n) is 10.2. The first-order valence-corrected chi connectivity index (χ1v) is 26.4. The molecule has 33 heteroatoms. The molecule has 0 saturated carbocycles. The van der Waals surface area contributed by atoms with Crippen LogP contribution in [0.5, 0.6) is 0 Å². The summed E-state index contributed by atoms with van der Waals surface area (Å²) in [6.45, 7) is 8.97. The zero-order valence-corrected chi connectivity index (χ0v) is 45.4. The van der Waals surface area contributed by atoms with Crippen molar-refractivity contribution in [1.29, 1.82) is 0 Å². The number of fused-ring (bicyclic) bond motifs is 2. The molecule has 0 aliphatic carbocycles. The zero-order valence-electron chi connectivity index (χ0n) is 42.2. The molecular weight excluding hydrogens is 1090 g/mol. The number of urea groups is 1. The van der Waals surface area contributed by atoms with Crippen LogP contribution < -0.4 is 21.3 Å². The molecule has 29 nitrogen and oxygen atoms in total. The Morgan fingerprint density at radius 1 is 0.605 bits per heavy atom. The SMILES string of the molecule is COCC1=C(C(=O)OC(C)OC(=O)OC(C)C)N2C(=O)[C@@H](NC(=O)/C(=N\OC)c3csc(NC(=O)Nc4nc(/C(=N/OC)C(=O)N[C@@H]5C(=O)N6C(C(=O)OC(C)OC(=O)OC(C)C)=C(COC)CS[C@H]56)cs4)n3)[C@H]2SC1. The molecule has 2 fully saturated rings. The number of carbonyl (C=O) groups is 9. The predicted molar refractivity (Wildman–Crippen MR) is 268 cm³/mol. The van der Waals surface area contributed by atoms with Crippen molar-refractivity contribution in [3.8, 4) is 0 Å². The van der Waals surface area contributed by atoms with Gasteiger partial charge in [0.15, 0.2) is 21.7 Å². The maximum Gasteiger partial charge on any atom is 0.511 e. The number of carbonyl (C=O) groups excluding carboxylic acids is 9. The number of hydrogen-bond acceptors (Lipinski definition) is 27. The molecule has 6 atom stereocenters. The lowest BCUT2D eigenvalue weighted by atomic mass is 10.0. The van der Waals surface area contributed by atoms with Crippen LogP contribution in [0.15, 0.2) is 43.6 Å². The second-order valence-corrected chi connectivity index (χ2v) is 20.3. The smallest absolute Gasteiger partial charge is 0.431 e. The number of β-lactam (4-membered cyclic amide) rings is 2. The molecule has 2 aromatic heterocycles.